The van der Waals surface area contributed by atoms with Gasteiger partial charge in [0.2, 0.25) is 0 Å². The molecular formula is C16H10ClFO2. The number of carbonyl (C=O) groups excluding carboxylic acids is 1. The van der Waals surface area contributed by atoms with Crippen LogP contribution in [-0.2, 0) is 0 Å². The van der Waals surface area contributed by atoms with E-state index >= 15 is 0 Å². The van der Waals surface area contributed by atoms with Gasteiger partial charge in [0.1, 0.15) is 17.2 Å². The minimum atomic E-state index is -0.413. The van der Waals surface area contributed by atoms with Gasteiger partial charge in [-0.15, -0.1) is 0 Å². The second-order valence-corrected chi connectivity index (χ2v) is 4.98. The van der Waals surface area contributed by atoms with Crippen molar-refractivity contribution < 1.29 is 13.6 Å². The van der Waals surface area contributed by atoms with Crippen molar-refractivity contribution in [3.8, 4) is 11.3 Å². The molecule has 0 bridgehead atoms. The highest BCUT2D eigenvalue weighted by atomic mass is 35.5. The van der Waals surface area contributed by atoms with Crippen LogP contribution in [0.15, 0.2) is 46.9 Å². The molecule has 0 atom stereocenters. The maximum atomic E-state index is 13.4. The Balaban J connectivity index is 2.24. The van der Waals surface area contributed by atoms with E-state index in [1.165, 1.54) is 25.1 Å². The summed E-state index contributed by atoms with van der Waals surface area (Å²) in [5.74, 6) is -0.103. The molecule has 2 nitrogen and oxygen atoms in total. The smallest absolute Gasteiger partial charge is 0.160 e. The Hall–Kier alpha value is -2.13. The molecule has 0 saturated heterocycles. The summed E-state index contributed by atoms with van der Waals surface area (Å²) in [6, 6.07) is 11.0. The van der Waals surface area contributed by atoms with E-state index in [-0.39, 0.29) is 5.78 Å². The molecule has 0 fully saturated rings. The molecule has 0 aliphatic carbocycles. The number of hydrogen-bond donors (Lipinski definition) is 0. The van der Waals surface area contributed by atoms with Crippen LogP contribution in [0.2, 0.25) is 5.02 Å². The van der Waals surface area contributed by atoms with Crippen LogP contribution in [0.3, 0.4) is 0 Å². The topological polar surface area (TPSA) is 30.2 Å². The Bertz CT molecular complexity index is 820. The number of hydrogen-bond acceptors (Lipinski definition) is 2. The van der Waals surface area contributed by atoms with Gasteiger partial charge in [0.25, 0.3) is 0 Å². The van der Waals surface area contributed by atoms with E-state index in [9.17, 15) is 9.18 Å². The third-order valence-electron chi connectivity index (χ3n) is 3.10. The first-order chi connectivity index (χ1) is 9.54. The first-order valence-corrected chi connectivity index (χ1v) is 6.42. The van der Waals surface area contributed by atoms with Gasteiger partial charge >= 0.3 is 0 Å². The second kappa shape index (κ2) is 4.76. The lowest BCUT2D eigenvalue weighted by Crippen LogP contribution is -1.96. The molecule has 20 heavy (non-hydrogen) atoms. The summed E-state index contributed by atoms with van der Waals surface area (Å²) >= 11 is 5.93. The number of halogens is 2. The van der Waals surface area contributed by atoms with Gasteiger partial charge in [0.15, 0.2) is 5.78 Å². The molecule has 1 aromatic heterocycles. The minimum absolute atomic E-state index is 0.140. The Morgan fingerprint density at radius 1 is 1.15 bits per heavy atom. The monoisotopic (exact) mass is 288 g/mol. The lowest BCUT2D eigenvalue weighted by atomic mass is 10.0. The highest BCUT2D eigenvalue weighted by Crippen LogP contribution is 2.32. The first-order valence-electron chi connectivity index (χ1n) is 6.04. The van der Waals surface area contributed by atoms with Crippen molar-refractivity contribution in [2.24, 2.45) is 0 Å². The molecule has 0 aliphatic rings. The molecule has 0 radical (unpaired) electrons. The quantitative estimate of drug-likeness (QED) is 0.614. The molecule has 0 amide bonds. The van der Waals surface area contributed by atoms with E-state index in [0.29, 0.717) is 27.5 Å². The van der Waals surface area contributed by atoms with Crippen LogP contribution in [0, 0.1) is 5.82 Å². The molecule has 0 aliphatic heterocycles. The fourth-order valence-corrected chi connectivity index (χ4v) is 2.35. The van der Waals surface area contributed by atoms with Crippen molar-refractivity contribution in [3.05, 3.63) is 58.9 Å². The number of ketones is 1. The van der Waals surface area contributed by atoms with Gasteiger partial charge in [-0.05, 0) is 49.4 Å². The average Bonchev–Trinajstić information content (AvgIpc) is 2.81. The van der Waals surface area contributed by atoms with Crippen molar-refractivity contribution in [3.63, 3.8) is 0 Å². The highest BCUT2D eigenvalue weighted by molar-refractivity contribution is 6.31. The Labute approximate surface area is 119 Å². The van der Waals surface area contributed by atoms with Crippen LogP contribution in [0.5, 0.6) is 0 Å². The number of rotatable bonds is 2. The third kappa shape index (κ3) is 2.21. The van der Waals surface area contributed by atoms with Crippen molar-refractivity contribution in [2.45, 2.75) is 6.92 Å². The lowest BCUT2D eigenvalue weighted by molar-refractivity contribution is 0.101. The third-order valence-corrected chi connectivity index (χ3v) is 3.34. The summed E-state index contributed by atoms with van der Waals surface area (Å²) in [4.78, 5) is 11.6. The van der Waals surface area contributed by atoms with E-state index in [1.807, 2.05) is 0 Å². The molecule has 4 heteroatoms. The SMILES string of the molecule is CC(=O)c1ccc(F)cc1-c1cc2cc(Cl)ccc2o1. The summed E-state index contributed by atoms with van der Waals surface area (Å²) in [5.41, 5.74) is 1.52. The van der Waals surface area contributed by atoms with Crippen molar-refractivity contribution in [1.82, 2.24) is 0 Å². The molecule has 0 saturated carbocycles. The zero-order chi connectivity index (χ0) is 14.3. The number of Topliss-reactive ketones (excluding diaryl/α,β-unsaturated/α-hetero) is 1. The summed E-state index contributed by atoms with van der Waals surface area (Å²) in [5, 5.41) is 1.40. The average molecular weight is 289 g/mol. The summed E-state index contributed by atoms with van der Waals surface area (Å²) in [6.07, 6.45) is 0. The predicted molar refractivity (Wildman–Crippen MR) is 76.6 cm³/mol. The van der Waals surface area contributed by atoms with Gasteiger partial charge in [0.05, 0.1) is 0 Å². The zero-order valence-corrected chi connectivity index (χ0v) is 11.4. The molecule has 0 unspecified atom stereocenters. The lowest BCUT2D eigenvalue weighted by Gasteiger charge is -2.03. The fraction of sp³-hybridized carbons (Fsp3) is 0.0625. The van der Waals surface area contributed by atoms with Gasteiger partial charge in [-0.2, -0.15) is 0 Å². The number of furan rings is 1. The number of fused-ring (bicyclic) bond motifs is 1. The molecule has 0 N–H and O–H groups in total. The normalized spacial score (nSPS) is 10.9. The van der Waals surface area contributed by atoms with Crippen LogP contribution in [0.25, 0.3) is 22.3 Å². The van der Waals surface area contributed by atoms with Gasteiger partial charge in [-0.1, -0.05) is 11.6 Å². The molecule has 3 rings (SSSR count). The molecular weight excluding hydrogens is 279 g/mol. The molecule has 100 valence electrons. The molecule has 1 heterocycles. The summed E-state index contributed by atoms with van der Waals surface area (Å²) in [7, 11) is 0. The fourth-order valence-electron chi connectivity index (χ4n) is 2.17. The van der Waals surface area contributed by atoms with E-state index in [4.69, 9.17) is 16.0 Å². The van der Waals surface area contributed by atoms with E-state index < -0.39 is 5.82 Å². The van der Waals surface area contributed by atoms with Crippen LogP contribution in [-0.4, -0.2) is 5.78 Å². The van der Waals surface area contributed by atoms with Crippen LogP contribution in [0.4, 0.5) is 4.39 Å². The molecule has 2 aromatic carbocycles. The Morgan fingerprint density at radius 3 is 2.70 bits per heavy atom. The van der Waals surface area contributed by atoms with E-state index in [2.05, 4.69) is 0 Å². The molecule has 0 spiro atoms. The van der Waals surface area contributed by atoms with E-state index in [1.54, 1.807) is 24.3 Å². The van der Waals surface area contributed by atoms with Gasteiger partial charge < -0.3 is 4.42 Å². The maximum absolute atomic E-state index is 13.4. The number of carbonyl (C=O) groups is 1. The van der Waals surface area contributed by atoms with Gasteiger partial charge in [-0.3, -0.25) is 4.79 Å². The standard InChI is InChI=1S/C16H10ClFO2/c1-9(19)13-4-3-12(18)8-14(13)16-7-10-6-11(17)2-5-15(10)20-16/h2-8H,1H3. The van der Waals surface area contributed by atoms with Gasteiger partial charge in [0, 0.05) is 21.5 Å². The van der Waals surface area contributed by atoms with Crippen molar-refractivity contribution >= 4 is 28.4 Å². The zero-order valence-electron chi connectivity index (χ0n) is 10.6. The van der Waals surface area contributed by atoms with Crippen LogP contribution >= 0.6 is 11.6 Å². The molecule has 3 aromatic rings. The predicted octanol–water partition coefficient (Wildman–Crippen LogP) is 5.09. The maximum Gasteiger partial charge on any atom is 0.160 e. The van der Waals surface area contributed by atoms with Gasteiger partial charge in [-0.25, -0.2) is 4.39 Å². The van der Waals surface area contributed by atoms with Crippen LogP contribution < -0.4 is 0 Å². The Morgan fingerprint density at radius 2 is 1.95 bits per heavy atom. The van der Waals surface area contributed by atoms with Crippen molar-refractivity contribution in [2.75, 3.05) is 0 Å². The largest absolute Gasteiger partial charge is 0.456 e. The van der Waals surface area contributed by atoms with Crippen molar-refractivity contribution in [1.29, 1.82) is 0 Å². The minimum Gasteiger partial charge on any atom is -0.456 e. The van der Waals surface area contributed by atoms with E-state index in [0.717, 1.165) is 5.39 Å². The Kier molecular flexibility index (Phi) is 3.07. The summed E-state index contributed by atoms with van der Waals surface area (Å²) < 4.78 is 19.1. The number of benzene rings is 2. The second-order valence-electron chi connectivity index (χ2n) is 4.54. The first kappa shape index (κ1) is 12.9. The highest BCUT2D eigenvalue weighted by Gasteiger charge is 2.14. The summed E-state index contributed by atoms with van der Waals surface area (Å²) in [6.45, 7) is 1.44. The van der Waals surface area contributed by atoms with Crippen LogP contribution in [0.1, 0.15) is 17.3 Å².